The van der Waals surface area contributed by atoms with E-state index < -0.39 is 0 Å². The molecule has 90 valence electrons. The van der Waals surface area contributed by atoms with Gasteiger partial charge in [-0.3, -0.25) is 4.79 Å². The van der Waals surface area contributed by atoms with Crippen molar-refractivity contribution in [2.24, 2.45) is 0 Å². The van der Waals surface area contributed by atoms with Gasteiger partial charge in [0.25, 0.3) is 5.91 Å². The summed E-state index contributed by atoms with van der Waals surface area (Å²) in [5, 5.41) is 0.933. The second-order valence-corrected chi connectivity index (χ2v) is 5.21. The molecule has 1 heterocycles. The van der Waals surface area contributed by atoms with Gasteiger partial charge in [0.1, 0.15) is 4.88 Å². The highest BCUT2D eigenvalue weighted by atomic mass is 35.5. The summed E-state index contributed by atoms with van der Waals surface area (Å²) in [5.74, 6) is 0.536. The average Bonchev–Trinajstić information content (AvgIpc) is 2.56. The van der Waals surface area contributed by atoms with E-state index in [0.717, 1.165) is 28.5 Å². The highest BCUT2D eigenvalue weighted by molar-refractivity contribution is 7.13. The van der Waals surface area contributed by atoms with Crippen LogP contribution in [-0.2, 0) is 0 Å². The zero-order valence-corrected chi connectivity index (χ0v) is 11.5. The van der Waals surface area contributed by atoms with E-state index >= 15 is 0 Å². The van der Waals surface area contributed by atoms with E-state index in [1.54, 1.807) is 4.90 Å². The molecule has 1 aromatic rings. The number of thiazole rings is 1. The Morgan fingerprint density at radius 2 is 2.12 bits per heavy atom. The zero-order chi connectivity index (χ0) is 12.1. The third kappa shape index (κ3) is 3.19. The van der Waals surface area contributed by atoms with Crippen molar-refractivity contribution in [3.63, 3.8) is 0 Å². The Morgan fingerprint density at radius 1 is 1.44 bits per heavy atom. The average molecular weight is 261 g/mol. The maximum Gasteiger partial charge on any atom is 0.265 e. The third-order valence-corrected chi connectivity index (χ3v) is 3.46. The molecular weight excluding hydrogens is 244 g/mol. The molecule has 0 bridgehead atoms. The largest absolute Gasteiger partial charge is 0.337 e. The van der Waals surface area contributed by atoms with Crippen molar-refractivity contribution in [3.8, 4) is 0 Å². The van der Waals surface area contributed by atoms with E-state index in [4.69, 9.17) is 11.6 Å². The maximum absolute atomic E-state index is 12.2. The summed E-state index contributed by atoms with van der Waals surface area (Å²) in [6.45, 7) is 7.20. The Bertz CT molecular complexity index is 359. The van der Waals surface area contributed by atoms with E-state index in [-0.39, 0.29) is 5.91 Å². The number of amides is 1. The molecule has 0 radical (unpaired) electrons. The van der Waals surface area contributed by atoms with Crippen LogP contribution < -0.4 is 0 Å². The molecule has 5 heteroatoms. The number of aryl methyl sites for hydroxylation is 2. The Kier molecular flexibility index (Phi) is 5.22. The van der Waals surface area contributed by atoms with Crippen molar-refractivity contribution < 1.29 is 4.79 Å². The maximum atomic E-state index is 12.2. The van der Waals surface area contributed by atoms with Crippen molar-refractivity contribution in [3.05, 3.63) is 15.6 Å². The molecule has 0 unspecified atom stereocenters. The molecule has 0 N–H and O–H groups in total. The van der Waals surface area contributed by atoms with E-state index in [1.807, 2.05) is 13.8 Å². The molecule has 0 saturated heterocycles. The summed E-state index contributed by atoms with van der Waals surface area (Å²) >= 11 is 7.16. The number of rotatable bonds is 5. The van der Waals surface area contributed by atoms with Crippen LogP contribution in [-0.4, -0.2) is 34.8 Å². The second-order valence-electron chi connectivity index (χ2n) is 3.63. The predicted octanol–water partition coefficient (Wildman–Crippen LogP) is 2.85. The van der Waals surface area contributed by atoms with Crippen LogP contribution in [0.25, 0.3) is 0 Å². The van der Waals surface area contributed by atoms with Gasteiger partial charge >= 0.3 is 0 Å². The second kappa shape index (κ2) is 6.21. The lowest BCUT2D eigenvalue weighted by molar-refractivity contribution is 0.0769. The van der Waals surface area contributed by atoms with Gasteiger partial charge in [-0.2, -0.15) is 0 Å². The molecule has 0 saturated carbocycles. The van der Waals surface area contributed by atoms with Crippen LogP contribution in [0.5, 0.6) is 0 Å². The lowest BCUT2D eigenvalue weighted by Crippen LogP contribution is -2.33. The smallest absolute Gasteiger partial charge is 0.265 e. The number of carbonyl (C=O) groups excluding carboxylic acids is 1. The van der Waals surface area contributed by atoms with Crippen molar-refractivity contribution in [2.45, 2.75) is 27.2 Å². The van der Waals surface area contributed by atoms with Crippen molar-refractivity contribution in [2.75, 3.05) is 19.0 Å². The van der Waals surface area contributed by atoms with E-state index in [9.17, 15) is 4.79 Å². The van der Waals surface area contributed by atoms with Crippen LogP contribution in [0.15, 0.2) is 0 Å². The molecule has 0 aliphatic carbocycles. The predicted molar refractivity (Wildman–Crippen MR) is 68.5 cm³/mol. The minimum atomic E-state index is 0.0607. The third-order valence-electron chi connectivity index (χ3n) is 2.23. The van der Waals surface area contributed by atoms with Gasteiger partial charge in [-0.25, -0.2) is 4.98 Å². The normalized spacial score (nSPS) is 10.5. The molecule has 16 heavy (non-hydrogen) atoms. The number of nitrogens with zero attached hydrogens (tertiary/aromatic N) is 2. The summed E-state index contributed by atoms with van der Waals surface area (Å²) in [7, 11) is 0. The number of hydrogen-bond donors (Lipinski definition) is 0. The standard InChI is InChI=1S/C11H17ClN2OS/c1-4-6-14(7-5-12)11(15)10-8(2)13-9(3)16-10/h4-7H2,1-3H3. The monoisotopic (exact) mass is 260 g/mol. The Balaban J connectivity index is 2.85. The molecule has 1 amide bonds. The van der Waals surface area contributed by atoms with Crippen LogP contribution in [0.1, 0.15) is 33.7 Å². The molecule has 0 aromatic carbocycles. The first-order chi connectivity index (χ1) is 7.60. The summed E-state index contributed by atoms with van der Waals surface area (Å²) in [6.07, 6.45) is 0.944. The number of hydrogen-bond acceptors (Lipinski definition) is 3. The van der Waals surface area contributed by atoms with E-state index in [1.165, 1.54) is 11.3 Å². The number of aromatic nitrogens is 1. The first-order valence-electron chi connectivity index (χ1n) is 5.39. The summed E-state index contributed by atoms with van der Waals surface area (Å²) in [6, 6.07) is 0. The van der Waals surface area contributed by atoms with Gasteiger partial charge < -0.3 is 4.90 Å². The highest BCUT2D eigenvalue weighted by Crippen LogP contribution is 2.19. The fourth-order valence-electron chi connectivity index (χ4n) is 1.56. The molecule has 0 aliphatic rings. The molecule has 1 rings (SSSR count). The Morgan fingerprint density at radius 3 is 2.56 bits per heavy atom. The van der Waals surface area contributed by atoms with Crippen LogP contribution in [0.2, 0.25) is 0 Å². The quantitative estimate of drug-likeness (QED) is 0.763. The van der Waals surface area contributed by atoms with Crippen molar-refractivity contribution in [1.82, 2.24) is 9.88 Å². The van der Waals surface area contributed by atoms with Gasteiger partial charge in [-0.05, 0) is 20.3 Å². The van der Waals surface area contributed by atoms with Gasteiger partial charge in [0.05, 0.1) is 10.7 Å². The van der Waals surface area contributed by atoms with Crippen molar-refractivity contribution >= 4 is 28.8 Å². The first-order valence-corrected chi connectivity index (χ1v) is 6.74. The minimum Gasteiger partial charge on any atom is -0.337 e. The molecule has 1 aromatic heterocycles. The molecule has 0 spiro atoms. The van der Waals surface area contributed by atoms with Crippen LogP contribution in [0.3, 0.4) is 0 Å². The van der Waals surface area contributed by atoms with E-state index in [2.05, 4.69) is 11.9 Å². The molecule has 3 nitrogen and oxygen atoms in total. The van der Waals surface area contributed by atoms with Gasteiger partial charge in [0.2, 0.25) is 0 Å². The van der Waals surface area contributed by atoms with Gasteiger partial charge in [-0.1, -0.05) is 6.92 Å². The molecule has 0 fully saturated rings. The van der Waals surface area contributed by atoms with E-state index in [0.29, 0.717) is 12.4 Å². The summed E-state index contributed by atoms with van der Waals surface area (Å²) in [4.78, 5) is 19.0. The Labute approximate surface area is 105 Å². The number of alkyl halides is 1. The lowest BCUT2D eigenvalue weighted by atomic mass is 10.3. The minimum absolute atomic E-state index is 0.0607. The van der Waals surface area contributed by atoms with Gasteiger partial charge in [0, 0.05) is 19.0 Å². The number of halogens is 1. The SMILES string of the molecule is CCCN(CCCl)C(=O)c1sc(C)nc1C. The lowest BCUT2D eigenvalue weighted by Gasteiger charge is -2.20. The fourth-order valence-corrected chi connectivity index (χ4v) is 2.65. The molecule has 0 atom stereocenters. The number of carbonyl (C=O) groups is 1. The summed E-state index contributed by atoms with van der Waals surface area (Å²) < 4.78 is 0. The van der Waals surface area contributed by atoms with Crippen LogP contribution in [0.4, 0.5) is 0 Å². The van der Waals surface area contributed by atoms with Crippen LogP contribution in [0, 0.1) is 13.8 Å². The first kappa shape index (κ1) is 13.5. The topological polar surface area (TPSA) is 33.2 Å². The Hall–Kier alpha value is -0.610. The van der Waals surface area contributed by atoms with Crippen molar-refractivity contribution in [1.29, 1.82) is 0 Å². The molecular formula is C11H17ClN2OS. The van der Waals surface area contributed by atoms with Crippen LogP contribution >= 0.6 is 22.9 Å². The van der Waals surface area contributed by atoms with Gasteiger partial charge in [0.15, 0.2) is 0 Å². The zero-order valence-electron chi connectivity index (χ0n) is 9.92. The van der Waals surface area contributed by atoms with Gasteiger partial charge in [-0.15, -0.1) is 22.9 Å². The fraction of sp³-hybridized carbons (Fsp3) is 0.636. The highest BCUT2D eigenvalue weighted by Gasteiger charge is 2.19. The molecule has 0 aliphatic heterocycles. The summed E-state index contributed by atoms with van der Waals surface area (Å²) in [5.41, 5.74) is 0.822.